The van der Waals surface area contributed by atoms with Crippen molar-refractivity contribution in [3.05, 3.63) is 35.9 Å². The van der Waals surface area contributed by atoms with Crippen LogP contribution < -0.4 is 0 Å². The molecule has 0 unspecified atom stereocenters. The van der Waals surface area contributed by atoms with E-state index in [2.05, 4.69) is 17.1 Å². The highest BCUT2D eigenvalue weighted by atomic mass is 16.5. The van der Waals surface area contributed by atoms with E-state index in [1.807, 2.05) is 55.9 Å². The van der Waals surface area contributed by atoms with Gasteiger partial charge in [-0.05, 0) is 5.56 Å². The van der Waals surface area contributed by atoms with Crippen LogP contribution in [0.1, 0.15) is 5.56 Å². The molecular formula is C14H22N3O+. The SMILES string of the molecule is COC(=NCc1ccccc1)C(N(C)C)=[N+](C)C. The molecule has 0 N–H and O–H groups in total. The number of rotatable bonds is 2. The molecule has 0 heterocycles. The molecule has 18 heavy (non-hydrogen) atoms. The number of hydrogen-bond donors (Lipinski definition) is 0. The number of ether oxygens (including phenoxy) is 1. The molecule has 0 saturated heterocycles. The first kappa shape index (κ1) is 14.2. The Morgan fingerprint density at radius 1 is 1.22 bits per heavy atom. The molecule has 0 bridgehead atoms. The van der Waals surface area contributed by atoms with E-state index in [1.54, 1.807) is 7.11 Å². The Morgan fingerprint density at radius 2 is 1.83 bits per heavy atom. The van der Waals surface area contributed by atoms with Gasteiger partial charge in [-0.25, -0.2) is 4.99 Å². The number of benzene rings is 1. The van der Waals surface area contributed by atoms with Gasteiger partial charge in [0.05, 0.1) is 41.8 Å². The van der Waals surface area contributed by atoms with Crippen molar-refractivity contribution in [1.82, 2.24) is 4.90 Å². The van der Waals surface area contributed by atoms with Gasteiger partial charge in [0.15, 0.2) is 0 Å². The number of methoxy groups -OCH3 is 1. The van der Waals surface area contributed by atoms with Crippen LogP contribution >= 0.6 is 0 Å². The normalized spacial score (nSPS) is 11.1. The first-order valence-corrected chi connectivity index (χ1v) is 5.90. The Kier molecular flexibility index (Phi) is 5.36. The molecule has 4 heteroatoms. The van der Waals surface area contributed by atoms with Gasteiger partial charge < -0.3 is 4.74 Å². The third-order valence-corrected chi connectivity index (χ3v) is 2.48. The summed E-state index contributed by atoms with van der Waals surface area (Å²) >= 11 is 0. The lowest BCUT2D eigenvalue weighted by Gasteiger charge is -2.12. The fraction of sp³-hybridized carbons (Fsp3) is 0.429. The summed E-state index contributed by atoms with van der Waals surface area (Å²) in [5, 5.41) is 0. The summed E-state index contributed by atoms with van der Waals surface area (Å²) in [7, 11) is 9.56. The van der Waals surface area contributed by atoms with Crippen molar-refractivity contribution in [2.75, 3.05) is 35.3 Å². The van der Waals surface area contributed by atoms with Crippen LogP contribution in [0, 0.1) is 0 Å². The number of hydrogen-bond acceptors (Lipinski definition) is 2. The average Bonchev–Trinajstić information content (AvgIpc) is 2.34. The molecule has 0 radical (unpaired) electrons. The number of amidine groups is 1. The van der Waals surface area contributed by atoms with Gasteiger partial charge in [-0.15, -0.1) is 0 Å². The molecule has 0 saturated carbocycles. The maximum Gasteiger partial charge on any atom is 0.334 e. The minimum absolute atomic E-state index is 0.620. The second-order valence-electron chi connectivity index (χ2n) is 4.42. The highest BCUT2D eigenvalue weighted by molar-refractivity contribution is 6.35. The van der Waals surface area contributed by atoms with Crippen LogP contribution in [0.5, 0.6) is 0 Å². The molecule has 0 atom stereocenters. The summed E-state index contributed by atoms with van der Waals surface area (Å²) in [6, 6.07) is 10.1. The van der Waals surface area contributed by atoms with E-state index in [0.717, 1.165) is 5.84 Å². The summed E-state index contributed by atoms with van der Waals surface area (Å²) in [6.45, 7) is 0.620. The first-order valence-electron chi connectivity index (χ1n) is 5.90. The van der Waals surface area contributed by atoms with E-state index in [4.69, 9.17) is 4.74 Å². The van der Waals surface area contributed by atoms with Gasteiger partial charge in [0.25, 0.3) is 0 Å². The standard InChI is InChI=1S/C14H22N3O/c1-16(2)14(17(3)4)13(18-5)15-11-12-9-7-6-8-10-12/h6-10H,11H2,1-5H3/q+1. The van der Waals surface area contributed by atoms with Gasteiger partial charge in [0, 0.05) is 0 Å². The van der Waals surface area contributed by atoms with Crippen molar-refractivity contribution in [2.24, 2.45) is 4.99 Å². The summed E-state index contributed by atoms with van der Waals surface area (Å²) in [4.78, 5) is 6.52. The molecule has 98 valence electrons. The molecule has 0 aliphatic carbocycles. The minimum atomic E-state index is 0.620. The van der Waals surface area contributed by atoms with Crippen LogP contribution in [-0.2, 0) is 11.3 Å². The zero-order chi connectivity index (χ0) is 13.5. The Bertz CT molecular complexity index is 432. The van der Waals surface area contributed by atoms with Gasteiger partial charge in [-0.2, -0.15) is 0 Å². The van der Waals surface area contributed by atoms with Crippen molar-refractivity contribution in [2.45, 2.75) is 6.54 Å². The molecule has 0 aliphatic heterocycles. The van der Waals surface area contributed by atoms with Crippen LogP contribution in [0.4, 0.5) is 0 Å². The summed E-state index contributed by atoms with van der Waals surface area (Å²) in [6.07, 6.45) is 0. The molecule has 1 aromatic carbocycles. The lowest BCUT2D eigenvalue weighted by molar-refractivity contribution is -0.468. The third kappa shape index (κ3) is 3.87. The maximum absolute atomic E-state index is 5.39. The van der Waals surface area contributed by atoms with Crippen LogP contribution in [0.3, 0.4) is 0 Å². The van der Waals surface area contributed by atoms with Gasteiger partial charge in [0.2, 0.25) is 0 Å². The van der Waals surface area contributed by atoms with Gasteiger partial charge in [0.1, 0.15) is 0 Å². The molecular weight excluding hydrogens is 226 g/mol. The second-order valence-corrected chi connectivity index (χ2v) is 4.42. The van der Waals surface area contributed by atoms with Gasteiger partial charge >= 0.3 is 11.7 Å². The van der Waals surface area contributed by atoms with E-state index in [-0.39, 0.29) is 0 Å². The van der Waals surface area contributed by atoms with Crippen molar-refractivity contribution in [1.29, 1.82) is 0 Å². The summed E-state index contributed by atoms with van der Waals surface area (Å²) in [5.41, 5.74) is 1.17. The predicted octanol–water partition coefficient (Wildman–Crippen LogP) is 1.46. The van der Waals surface area contributed by atoms with Crippen molar-refractivity contribution < 1.29 is 9.31 Å². The second kappa shape index (κ2) is 6.79. The Morgan fingerprint density at radius 3 is 2.28 bits per heavy atom. The average molecular weight is 248 g/mol. The first-order chi connectivity index (χ1) is 8.56. The smallest absolute Gasteiger partial charge is 0.334 e. The van der Waals surface area contributed by atoms with Crippen LogP contribution in [0.2, 0.25) is 0 Å². The Balaban J connectivity index is 2.93. The minimum Gasteiger partial charge on any atom is -0.475 e. The molecule has 0 amide bonds. The number of likely N-dealkylation sites (N-methyl/N-ethyl adjacent to an activating group) is 1. The molecule has 0 aliphatic rings. The highest BCUT2D eigenvalue weighted by Gasteiger charge is 2.20. The molecule has 0 fully saturated rings. The van der Waals surface area contributed by atoms with E-state index in [9.17, 15) is 0 Å². The largest absolute Gasteiger partial charge is 0.475 e. The van der Waals surface area contributed by atoms with Crippen LogP contribution in [0.25, 0.3) is 0 Å². The maximum atomic E-state index is 5.39. The lowest BCUT2D eigenvalue weighted by atomic mass is 10.2. The summed E-state index contributed by atoms with van der Waals surface area (Å²) in [5.74, 6) is 1.60. The zero-order valence-corrected chi connectivity index (χ0v) is 11.8. The topological polar surface area (TPSA) is 27.8 Å². The van der Waals surface area contributed by atoms with Crippen molar-refractivity contribution >= 4 is 11.7 Å². The highest BCUT2D eigenvalue weighted by Crippen LogP contribution is 2.01. The Labute approximate surface area is 109 Å². The van der Waals surface area contributed by atoms with Crippen LogP contribution in [-0.4, -0.2) is 56.5 Å². The Hall–Kier alpha value is -1.84. The van der Waals surface area contributed by atoms with E-state index in [0.29, 0.717) is 12.4 Å². The third-order valence-electron chi connectivity index (χ3n) is 2.48. The molecule has 0 spiro atoms. The van der Waals surface area contributed by atoms with Crippen LogP contribution in [0.15, 0.2) is 35.3 Å². The molecule has 1 aromatic rings. The quantitative estimate of drug-likeness (QED) is 0.450. The molecule has 4 nitrogen and oxygen atoms in total. The van der Waals surface area contributed by atoms with Gasteiger partial charge in [-0.3, -0.25) is 9.48 Å². The van der Waals surface area contributed by atoms with E-state index in [1.165, 1.54) is 5.56 Å². The number of aliphatic imine (C=N–C) groups is 1. The van der Waals surface area contributed by atoms with Gasteiger partial charge in [-0.1, -0.05) is 30.3 Å². The lowest BCUT2D eigenvalue weighted by Crippen LogP contribution is -2.37. The number of nitrogens with zero attached hydrogens (tertiary/aromatic N) is 3. The zero-order valence-electron chi connectivity index (χ0n) is 11.8. The fourth-order valence-electron chi connectivity index (χ4n) is 1.76. The van der Waals surface area contributed by atoms with E-state index >= 15 is 0 Å². The monoisotopic (exact) mass is 248 g/mol. The fourth-order valence-corrected chi connectivity index (χ4v) is 1.76. The van der Waals surface area contributed by atoms with E-state index < -0.39 is 0 Å². The molecule has 1 rings (SSSR count). The van der Waals surface area contributed by atoms with Crippen molar-refractivity contribution in [3.63, 3.8) is 0 Å². The summed E-state index contributed by atoms with van der Waals surface area (Å²) < 4.78 is 7.38. The predicted molar refractivity (Wildman–Crippen MR) is 75.4 cm³/mol. The van der Waals surface area contributed by atoms with Crippen molar-refractivity contribution in [3.8, 4) is 0 Å². The molecule has 0 aromatic heterocycles.